The third-order valence-electron chi connectivity index (χ3n) is 5.36. The van der Waals surface area contributed by atoms with E-state index in [9.17, 15) is 4.79 Å². The molecule has 0 unspecified atom stereocenters. The van der Waals surface area contributed by atoms with Gasteiger partial charge in [0, 0.05) is 18.0 Å². The maximum atomic E-state index is 13.5. The van der Waals surface area contributed by atoms with Crippen LogP contribution in [0.5, 0.6) is 0 Å². The lowest BCUT2D eigenvalue weighted by Gasteiger charge is -2.20. The van der Waals surface area contributed by atoms with E-state index in [2.05, 4.69) is 20.8 Å². The maximum Gasteiger partial charge on any atom is 0.269 e. The largest absolute Gasteiger partial charge is 0.342 e. The SMILES string of the molecule is Cc1nc(N2CCCC2)n2c(=O)c3c4c(sc3nc2c1Br)CCCC4. The molecule has 130 valence electrons. The zero-order valence-electron chi connectivity index (χ0n) is 14.1. The third kappa shape index (κ3) is 2.28. The van der Waals surface area contributed by atoms with Crippen LogP contribution in [0.3, 0.4) is 0 Å². The average Bonchev–Trinajstić information content (AvgIpc) is 3.25. The van der Waals surface area contributed by atoms with E-state index in [1.165, 1.54) is 16.9 Å². The Morgan fingerprint density at radius 2 is 1.84 bits per heavy atom. The lowest BCUT2D eigenvalue weighted by Crippen LogP contribution is -2.28. The van der Waals surface area contributed by atoms with Crippen molar-refractivity contribution in [3.05, 3.63) is 31.0 Å². The van der Waals surface area contributed by atoms with Gasteiger partial charge in [0.2, 0.25) is 5.95 Å². The van der Waals surface area contributed by atoms with Crippen molar-refractivity contribution in [2.45, 2.75) is 45.4 Å². The second-order valence-corrected chi connectivity index (χ2v) is 8.85. The van der Waals surface area contributed by atoms with Gasteiger partial charge in [0.05, 0.1) is 15.6 Å². The fourth-order valence-electron chi connectivity index (χ4n) is 4.08. The second kappa shape index (κ2) is 5.77. The molecule has 0 N–H and O–H groups in total. The Hall–Kier alpha value is -1.47. The van der Waals surface area contributed by atoms with E-state index in [-0.39, 0.29) is 5.56 Å². The number of anilines is 1. The van der Waals surface area contributed by atoms with Crippen LogP contribution < -0.4 is 10.5 Å². The Labute approximate surface area is 157 Å². The van der Waals surface area contributed by atoms with E-state index in [1.54, 1.807) is 15.7 Å². The standard InChI is InChI=1S/C18H19BrN4OS/c1-10-14(19)15-21-16-13(11-6-2-3-7-12(11)25-16)17(24)23(15)18(20-10)22-8-4-5-9-22/h2-9H2,1H3. The molecule has 1 aliphatic carbocycles. The molecule has 0 radical (unpaired) electrons. The van der Waals surface area contributed by atoms with Crippen LogP contribution in [0.1, 0.15) is 41.8 Å². The molecule has 1 aliphatic heterocycles. The summed E-state index contributed by atoms with van der Waals surface area (Å²) in [5.74, 6) is 0.753. The highest BCUT2D eigenvalue weighted by atomic mass is 79.9. The summed E-state index contributed by atoms with van der Waals surface area (Å²) in [7, 11) is 0. The highest BCUT2D eigenvalue weighted by Crippen LogP contribution is 2.35. The average molecular weight is 419 g/mol. The van der Waals surface area contributed by atoms with Crippen LogP contribution in [0.15, 0.2) is 9.27 Å². The monoisotopic (exact) mass is 418 g/mol. The number of thiophene rings is 1. The topological polar surface area (TPSA) is 50.5 Å². The summed E-state index contributed by atoms with van der Waals surface area (Å²) >= 11 is 5.32. The molecule has 5 nitrogen and oxygen atoms in total. The summed E-state index contributed by atoms with van der Waals surface area (Å²) in [5.41, 5.74) is 2.87. The Morgan fingerprint density at radius 3 is 2.64 bits per heavy atom. The molecule has 7 heteroatoms. The number of halogens is 1. The molecule has 1 fully saturated rings. The number of nitrogens with zero attached hydrogens (tertiary/aromatic N) is 4. The first-order chi connectivity index (χ1) is 12.1. The fraction of sp³-hybridized carbons (Fsp3) is 0.500. The van der Waals surface area contributed by atoms with E-state index >= 15 is 0 Å². The Morgan fingerprint density at radius 1 is 1.08 bits per heavy atom. The van der Waals surface area contributed by atoms with Gasteiger partial charge < -0.3 is 4.90 Å². The van der Waals surface area contributed by atoms with Crippen molar-refractivity contribution in [3.63, 3.8) is 0 Å². The van der Waals surface area contributed by atoms with Gasteiger partial charge in [-0.2, -0.15) is 0 Å². The van der Waals surface area contributed by atoms with Crippen molar-refractivity contribution in [3.8, 4) is 0 Å². The van der Waals surface area contributed by atoms with Gasteiger partial charge in [-0.3, -0.25) is 4.79 Å². The van der Waals surface area contributed by atoms with Crippen molar-refractivity contribution in [1.29, 1.82) is 0 Å². The van der Waals surface area contributed by atoms with Gasteiger partial charge in [-0.15, -0.1) is 11.3 Å². The van der Waals surface area contributed by atoms with Gasteiger partial charge in [-0.05, 0) is 66.9 Å². The van der Waals surface area contributed by atoms with Crippen LogP contribution in [0.2, 0.25) is 0 Å². The number of fused-ring (bicyclic) bond motifs is 4. The van der Waals surface area contributed by atoms with Crippen LogP contribution in [-0.4, -0.2) is 27.5 Å². The minimum absolute atomic E-state index is 0.0505. The molecule has 0 atom stereocenters. The zero-order chi connectivity index (χ0) is 17.1. The summed E-state index contributed by atoms with van der Waals surface area (Å²) < 4.78 is 2.56. The minimum Gasteiger partial charge on any atom is -0.342 e. The van der Waals surface area contributed by atoms with E-state index in [1.807, 2.05) is 6.92 Å². The molecular formula is C18H19BrN4OS. The third-order valence-corrected chi connectivity index (χ3v) is 7.47. The first-order valence-corrected chi connectivity index (χ1v) is 10.5. The van der Waals surface area contributed by atoms with Crippen molar-refractivity contribution in [2.24, 2.45) is 0 Å². The number of hydrogen-bond donors (Lipinski definition) is 0. The van der Waals surface area contributed by atoms with Gasteiger partial charge in [-0.1, -0.05) is 0 Å². The molecule has 0 spiro atoms. The van der Waals surface area contributed by atoms with Gasteiger partial charge in [0.1, 0.15) is 4.83 Å². The van der Waals surface area contributed by atoms with Gasteiger partial charge in [-0.25, -0.2) is 14.4 Å². The molecule has 1 saturated heterocycles. The molecule has 3 aromatic heterocycles. The maximum absolute atomic E-state index is 13.5. The van der Waals surface area contributed by atoms with Crippen LogP contribution in [0.4, 0.5) is 5.95 Å². The van der Waals surface area contributed by atoms with E-state index in [4.69, 9.17) is 9.97 Å². The van der Waals surface area contributed by atoms with Crippen molar-refractivity contribution in [2.75, 3.05) is 18.0 Å². The normalized spacial score (nSPS) is 17.6. The summed E-state index contributed by atoms with van der Waals surface area (Å²) in [6.45, 7) is 3.88. The molecule has 25 heavy (non-hydrogen) atoms. The van der Waals surface area contributed by atoms with E-state index in [0.717, 1.165) is 71.5 Å². The predicted molar refractivity (Wildman–Crippen MR) is 105 cm³/mol. The van der Waals surface area contributed by atoms with E-state index in [0.29, 0.717) is 5.65 Å². The minimum atomic E-state index is 0.0505. The Kier molecular flexibility index (Phi) is 3.64. The smallest absolute Gasteiger partial charge is 0.269 e. The molecule has 3 aromatic rings. The van der Waals surface area contributed by atoms with Crippen LogP contribution in [-0.2, 0) is 12.8 Å². The summed E-state index contributed by atoms with van der Waals surface area (Å²) in [4.78, 5) is 27.6. The van der Waals surface area contributed by atoms with Crippen molar-refractivity contribution < 1.29 is 0 Å². The van der Waals surface area contributed by atoms with Gasteiger partial charge >= 0.3 is 0 Å². The first-order valence-electron chi connectivity index (χ1n) is 8.93. The predicted octanol–water partition coefficient (Wildman–Crippen LogP) is 3.85. The second-order valence-electron chi connectivity index (χ2n) is 6.97. The zero-order valence-corrected chi connectivity index (χ0v) is 16.5. The Balaban J connectivity index is 1.92. The van der Waals surface area contributed by atoms with E-state index < -0.39 is 0 Å². The lowest BCUT2D eigenvalue weighted by atomic mass is 9.97. The van der Waals surface area contributed by atoms with Crippen LogP contribution in [0, 0.1) is 6.92 Å². The molecule has 4 heterocycles. The Bertz CT molecular complexity index is 1060. The lowest BCUT2D eigenvalue weighted by molar-refractivity contribution is 0.699. The molecular weight excluding hydrogens is 400 g/mol. The van der Waals surface area contributed by atoms with Crippen molar-refractivity contribution >= 4 is 49.1 Å². The highest BCUT2D eigenvalue weighted by Gasteiger charge is 2.25. The molecule has 2 aliphatic rings. The number of hydrogen-bond acceptors (Lipinski definition) is 5. The summed E-state index contributed by atoms with van der Waals surface area (Å²) in [6, 6.07) is 0. The molecule has 0 saturated carbocycles. The highest BCUT2D eigenvalue weighted by molar-refractivity contribution is 9.10. The molecule has 0 bridgehead atoms. The summed E-state index contributed by atoms with van der Waals surface area (Å²) in [5, 5.41) is 0.829. The molecule has 0 amide bonds. The first kappa shape index (κ1) is 15.8. The molecule has 5 rings (SSSR count). The number of aryl methyl sites for hydroxylation is 3. The quantitative estimate of drug-likeness (QED) is 0.601. The summed E-state index contributed by atoms with van der Waals surface area (Å²) in [6.07, 6.45) is 6.75. The molecule has 0 aromatic carbocycles. The fourth-order valence-corrected chi connectivity index (χ4v) is 5.68. The van der Waals surface area contributed by atoms with Crippen LogP contribution >= 0.6 is 27.3 Å². The van der Waals surface area contributed by atoms with Gasteiger partial charge in [0.25, 0.3) is 5.56 Å². The van der Waals surface area contributed by atoms with Gasteiger partial charge in [0.15, 0.2) is 5.65 Å². The van der Waals surface area contributed by atoms with Crippen LogP contribution in [0.25, 0.3) is 15.9 Å². The van der Waals surface area contributed by atoms with Crippen molar-refractivity contribution in [1.82, 2.24) is 14.4 Å². The number of rotatable bonds is 1. The number of aromatic nitrogens is 3.